The van der Waals surface area contributed by atoms with Crippen molar-refractivity contribution in [3.8, 4) is 0 Å². The smallest absolute Gasteiger partial charge is 0.340 e. The fourth-order valence-electron chi connectivity index (χ4n) is 3.11. The first-order valence-electron chi connectivity index (χ1n) is 9.41. The molecular weight excluding hydrogens is 384 g/mol. The maximum absolute atomic E-state index is 12.4. The van der Waals surface area contributed by atoms with Crippen molar-refractivity contribution in [3.63, 3.8) is 0 Å². The summed E-state index contributed by atoms with van der Waals surface area (Å²) in [7, 11) is 1.29. The number of nitrogens with one attached hydrogen (secondary N) is 1. The first-order valence-corrected chi connectivity index (χ1v) is 9.41. The Balaban J connectivity index is 1.76. The predicted molar refractivity (Wildman–Crippen MR) is 111 cm³/mol. The number of para-hydroxylation sites is 1. The zero-order chi connectivity index (χ0) is 21.7. The molecule has 1 atom stereocenters. The van der Waals surface area contributed by atoms with Gasteiger partial charge in [0.1, 0.15) is 12.6 Å². The molecular formula is C23H22N2O5. The number of pyridine rings is 1. The van der Waals surface area contributed by atoms with Crippen molar-refractivity contribution in [1.29, 1.82) is 0 Å². The molecule has 3 aromatic rings. The summed E-state index contributed by atoms with van der Waals surface area (Å²) >= 11 is 0. The van der Waals surface area contributed by atoms with E-state index in [4.69, 9.17) is 9.47 Å². The Labute approximate surface area is 174 Å². The lowest BCUT2D eigenvalue weighted by molar-refractivity contribution is -0.146. The molecule has 1 amide bonds. The summed E-state index contributed by atoms with van der Waals surface area (Å²) in [5.74, 6) is -1.57. The standard InChI is InChI=1S/C23H22N2O5/c1-14-17-11-7-8-12-18(17)25-19(20(14)23(28)29-3)13-30-22(27)15(2)24-21(26)16-9-5-4-6-10-16/h4-12,15H,13H2,1-3H3,(H,24,26)/t15-/m0/s1. The van der Waals surface area contributed by atoms with E-state index in [2.05, 4.69) is 10.3 Å². The number of benzene rings is 2. The van der Waals surface area contributed by atoms with Crippen molar-refractivity contribution in [2.45, 2.75) is 26.5 Å². The number of fused-ring (bicyclic) bond motifs is 1. The second-order valence-electron chi connectivity index (χ2n) is 6.74. The Morgan fingerprint density at radius 3 is 2.40 bits per heavy atom. The summed E-state index contributed by atoms with van der Waals surface area (Å²) in [5, 5.41) is 3.41. The third kappa shape index (κ3) is 4.46. The van der Waals surface area contributed by atoms with Crippen LogP contribution in [-0.4, -0.2) is 36.0 Å². The van der Waals surface area contributed by atoms with Crippen LogP contribution in [0, 0.1) is 6.92 Å². The highest BCUT2D eigenvalue weighted by molar-refractivity contribution is 5.98. The van der Waals surface area contributed by atoms with E-state index in [0.29, 0.717) is 22.3 Å². The van der Waals surface area contributed by atoms with Gasteiger partial charge in [0, 0.05) is 10.9 Å². The van der Waals surface area contributed by atoms with E-state index in [-0.39, 0.29) is 18.1 Å². The normalized spacial score (nSPS) is 11.6. The maximum Gasteiger partial charge on any atom is 0.340 e. The molecule has 1 aromatic heterocycles. The molecule has 0 saturated carbocycles. The quantitative estimate of drug-likeness (QED) is 0.632. The van der Waals surface area contributed by atoms with Gasteiger partial charge in [0.05, 0.1) is 23.9 Å². The van der Waals surface area contributed by atoms with Gasteiger partial charge in [0.25, 0.3) is 5.91 Å². The number of rotatable bonds is 6. The fourth-order valence-corrected chi connectivity index (χ4v) is 3.11. The molecule has 154 valence electrons. The number of methoxy groups -OCH3 is 1. The van der Waals surface area contributed by atoms with E-state index in [1.807, 2.05) is 24.3 Å². The van der Waals surface area contributed by atoms with Gasteiger partial charge < -0.3 is 14.8 Å². The van der Waals surface area contributed by atoms with Crippen LogP contribution < -0.4 is 5.32 Å². The lowest BCUT2D eigenvalue weighted by atomic mass is 10.0. The van der Waals surface area contributed by atoms with Crippen LogP contribution in [0.2, 0.25) is 0 Å². The number of aryl methyl sites for hydroxylation is 1. The second-order valence-corrected chi connectivity index (χ2v) is 6.74. The molecule has 0 saturated heterocycles. The second kappa shape index (κ2) is 9.17. The summed E-state index contributed by atoms with van der Waals surface area (Å²) in [5.41, 5.74) is 2.39. The van der Waals surface area contributed by atoms with Gasteiger partial charge in [0.15, 0.2) is 0 Å². The molecule has 2 aromatic carbocycles. The highest BCUT2D eigenvalue weighted by atomic mass is 16.5. The van der Waals surface area contributed by atoms with Crippen molar-refractivity contribution < 1.29 is 23.9 Å². The van der Waals surface area contributed by atoms with Gasteiger partial charge in [-0.3, -0.25) is 4.79 Å². The minimum atomic E-state index is -0.874. The molecule has 3 rings (SSSR count). The van der Waals surface area contributed by atoms with E-state index < -0.39 is 18.0 Å². The third-order valence-corrected chi connectivity index (χ3v) is 4.70. The van der Waals surface area contributed by atoms with Crippen LogP contribution in [-0.2, 0) is 20.9 Å². The number of carbonyl (C=O) groups is 3. The number of ether oxygens (including phenoxy) is 2. The summed E-state index contributed by atoms with van der Waals surface area (Å²) in [6.07, 6.45) is 0. The molecule has 0 unspecified atom stereocenters. The van der Waals surface area contributed by atoms with Gasteiger partial charge in [0.2, 0.25) is 0 Å². The van der Waals surface area contributed by atoms with E-state index in [1.165, 1.54) is 14.0 Å². The van der Waals surface area contributed by atoms with Crippen LogP contribution >= 0.6 is 0 Å². The monoisotopic (exact) mass is 406 g/mol. The minimum Gasteiger partial charge on any atom is -0.465 e. The molecule has 0 aliphatic rings. The molecule has 1 N–H and O–H groups in total. The topological polar surface area (TPSA) is 94.6 Å². The average Bonchev–Trinajstić information content (AvgIpc) is 2.77. The molecule has 1 heterocycles. The van der Waals surface area contributed by atoms with E-state index in [9.17, 15) is 14.4 Å². The van der Waals surface area contributed by atoms with Crippen LogP contribution in [0.4, 0.5) is 0 Å². The van der Waals surface area contributed by atoms with Crippen LogP contribution in [0.3, 0.4) is 0 Å². The van der Waals surface area contributed by atoms with Crippen molar-refractivity contribution in [2.24, 2.45) is 0 Å². The van der Waals surface area contributed by atoms with Crippen LogP contribution in [0.15, 0.2) is 54.6 Å². The molecule has 7 heteroatoms. The zero-order valence-electron chi connectivity index (χ0n) is 17.0. The summed E-state index contributed by atoms with van der Waals surface area (Å²) < 4.78 is 10.2. The van der Waals surface area contributed by atoms with E-state index in [0.717, 1.165) is 5.39 Å². The van der Waals surface area contributed by atoms with Crippen LogP contribution in [0.5, 0.6) is 0 Å². The average molecular weight is 406 g/mol. The molecule has 0 spiro atoms. The molecule has 0 radical (unpaired) electrons. The molecule has 30 heavy (non-hydrogen) atoms. The SMILES string of the molecule is COC(=O)c1c(COC(=O)[C@H](C)NC(=O)c2ccccc2)nc2ccccc2c1C. The largest absolute Gasteiger partial charge is 0.465 e. The van der Waals surface area contributed by atoms with Crippen molar-refractivity contribution in [3.05, 3.63) is 77.0 Å². The summed E-state index contributed by atoms with van der Waals surface area (Å²) in [6, 6.07) is 15.1. The number of carbonyl (C=O) groups excluding carboxylic acids is 3. The number of hydrogen-bond donors (Lipinski definition) is 1. The van der Waals surface area contributed by atoms with Gasteiger partial charge in [-0.25, -0.2) is 14.6 Å². The number of esters is 2. The Hall–Kier alpha value is -3.74. The summed E-state index contributed by atoms with van der Waals surface area (Å²) in [4.78, 5) is 41.4. The molecule has 0 aliphatic carbocycles. The van der Waals surface area contributed by atoms with E-state index in [1.54, 1.807) is 37.3 Å². The highest BCUT2D eigenvalue weighted by Crippen LogP contribution is 2.24. The molecule has 0 aliphatic heterocycles. The zero-order valence-corrected chi connectivity index (χ0v) is 17.0. The number of aromatic nitrogens is 1. The van der Waals surface area contributed by atoms with Gasteiger partial charge in [-0.1, -0.05) is 36.4 Å². The lowest BCUT2D eigenvalue weighted by Crippen LogP contribution is -2.39. The van der Waals surface area contributed by atoms with Crippen LogP contribution in [0.1, 0.15) is 38.9 Å². The Morgan fingerprint density at radius 1 is 1.03 bits per heavy atom. The number of amides is 1. The molecule has 0 fully saturated rings. The van der Waals surface area contributed by atoms with Gasteiger partial charge in [-0.2, -0.15) is 0 Å². The predicted octanol–water partition coefficient (Wildman–Crippen LogP) is 3.19. The van der Waals surface area contributed by atoms with Gasteiger partial charge in [-0.05, 0) is 37.6 Å². The lowest BCUT2D eigenvalue weighted by Gasteiger charge is -2.16. The van der Waals surface area contributed by atoms with Crippen molar-refractivity contribution in [1.82, 2.24) is 10.3 Å². The minimum absolute atomic E-state index is 0.222. The first kappa shape index (κ1) is 21.0. The first-order chi connectivity index (χ1) is 14.4. The fraction of sp³-hybridized carbons (Fsp3) is 0.217. The maximum atomic E-state index is 12.4. The summed E-state index contributed by atoms with van der Waals surface area (Å²) in [6.45, 7) is 3.11. The highest BCUT2D eigenvalue weighted by Gasteiger charge is 2.22. The van der Waals surface area contributed by atoms with Crippen molar-refractivity contribution in [2.75, 3.05) is 7.11 Å². The molecule has 7 nitrogen and oxygen atoms in total. The Bertz CT molecular complexity index is 1100. The number of nitrogens with zero attached hydrogens (tertiary/aromatic N) is 1. The number of hydrogen-bond acceptors (Lipinski definition) is 6. The Kier molecular flexibility index (Phi) is 6.41. The van der Waals surface area contributed by atoms with Gasteiger partial charge >= 0.3 is 11.9 Å². The molecule has 0 bridgehead atoms. The van der Waals surface area contributed by atoms with Gasteiger partial charge in [-0.15, -0.1) is 0 Å². The van der Waals surface area contributed by atoms with Crippen LogP contribution in [0.25, 0.3) is 10.9 Å². The van der Waals surface area contributed by atoms with E-state index >= 15 is 0 Å². The van der Waals surface area contributed by atoms with Crippen molar-refractivity contribution >= 4 is 28.7 Å². The third-order valence-electron chi connectivity index (χ3n) is 4.70. The Morgan fingerprint density at radius 2 is 1.70 bits per heavy atom.